The monoisotopic (exact) mass is 1430 g/mol. The zero-order valence-electron chi connectivity index (χ0n) is 63.5. The lowest BCUT2D eigenvalue weighted by molar-refractivity contribution is 0.0863. The second-order valence-corrected chi connectivity index (χ2v) is 41.9. The average molecular weight is 1430 g/mol. The summed E-state index contributed by atoms with van der Waals surface area (Å²) in [6.45, 7) is 13.7. The molecular formula is C96H106N6O2Si2. The van der Waals surface area contributed by atoms with Crippen LogP contribution >= 0.6 is 0 Å². The van der Waals surface area contributed by atoms with E-state index in [9.17, 15) is 9.59 Å². The summed E-state index contributed by atoms with van der Waals surface area (Å²) in [5, 5.41) is 14.7. The first-order valence-electron chi connectivity index (χ1n) is 39.9. The van der Waals surface area contributed by atoms with Gasteiger partial charge in [-0.05, 0) is 206 Å². The van der Waals surface area contributed by atoms with Gasteiger partial charge in [0.1, 0.15) is 27.8 Å². The van der Waals surface area contributed by atoms with Crippen molar-refractivity contribution in [2.45, 2.75) is 230 Å². The second kappa shape index (κ2) is 35.6. The Balaban J connectivity index is 0.659. The Morgan fingerprint density at radius 1 is 0.302 bits per heavy atom. The van der Waals surface area contributed by atoms with E-state index in [0.717, 1.165) is 167 Å². The van der Waals surface area contributed by atoms with Crippen molar-refractivity contribution in [3.05, 3.63) is 238 Å². The zero-order valence-corrected chi connectivity index (χ0v) is 65.5. The van der Waals surface area contributed by atoms with E-state index in [1.807, 2.05) is 48.5 Å². The van der Waals surface area contributed by atoms with E-state index in [-0.39, 0.29) is 23.9 Å². The van der Waals surface area contributed by atoms with Crippen molar-refractivity contribution in [2.24, 2.45) is 9.98 Å². The Bertz CT molecular complexity index is 4380. The summed E-state index contributed by atoms with van der Waals surface area (Å²) in [6.07, 6.45) is 27.7. The number of aliphatic imine (C=N–C) groups is 2. The number of nitrogens with zero attached hydrogens (tertiary/aromatic N) is 2. The summed E-state index contributed by atoms with van der Waals surface area (Å²) in [6, 6.07) is 64.3. The van der Waals surface area contributed by atoms with Gasteiger partial charge in [-0.3, -0.25) is 19.6 Å². The van der Waals surface area contributed by atoms with Gasteiger partial charge >= 0.3 is 0 Å². The highest BCUT2D eigenvalue weighted by molar-refractivity contribution is 6.84. The van der Waals surface area contributed by atoms with Crippen molar-refractivity contribution in [2.75, 3.05) is 0 Å². The number of rotatable bonds is 14. The number of amides is 2. The molecule has 540 valence electrons. The van der Waals surface area contributed by atoms with Crippen LogP contribution in [0.4, 0.5) is 0 Å². The molecule has 2 atom stereocenters. The molecule has 5 aliphatic rings. The van der Waals surface area contributed by atoms with Crippen molar-refractivity contribution in [1.82, 2.24) is 21.3 Å². The molecule has 106 heavy (non-hydrogen) atoms. The maximum absolute atomic E-state index is 13.9. The number of amidine groups is 2. The third-order valence-electron chi connectivity index (χ3n) is 21.6. The van der Waals surface area contributed by atoms with Crippen LogP contribution in [0.25, 0.3) is 44.5 Å². The van der Waals surface area contributed by atoms with Gasteiger partial charge in [0.25, 0.3) is 11.8 Å². The fraction of sp³-hybridized carbons (Fsp3) is 0.375. The standard InChI is InChI=1S/C96H106N6O2Si2/c1-105(2,3)67-65-73-45-57-77(58-46-73)87-33-21-31-85(91(87)93(97-81-23-11-7-12-24-81)98-82-25-13-8-14-26-82)75-53-41-69(42-54-75)37-39-71-49-61-79(62-50-71)95(103)101-89-35-19-20-36-90(89)102-96(104)80-63-51-72(52-64-80)40-38-70-43-55-76(56-44-70)86-32-22-34-88(78-59-47-74(48-60-78)66-68-106(4,5)6)92(86)94(99-83-27-15-9-16-28-83)100-84-29-17-10-18-30-84/h21-22,31-34,41-64,81-84,89-90H,7-20,23-30,35-36H2,1-6H3,(H,97,98)(H,99,100)(H,101,103)(H,102,104)/t89-,90-/m1/s1. The third-order valence-corrected chi connectivity index (χ3v) is 23.4. The lowest BCUT2D eigenvalue weighted by Crippen LogP contribution is -2.53. The van der Waals surface area contributed by atoms with Crippen LogP contribution in [0, 0.1) is 46.6 Å². The number of nitrogens with one attached hydrogen (secondary N) is 4. The van der Waals surface area contributed by atoms with Crippen molar-refractivity contribution >= 4 is 39.6 Å². The van der Waals surface area contributed by atoms with Gasteiger partial charge in [-0.1, -0.05) is 250 Å². The molecule has 8 aromatic rings. The second-order valence-electron chi connectivity index (χ2n) is 32.4. The molecule has 0 aliphatic heterocycles. The quantitative estimate of drug-likeness (QED) is 0.0377. The van der Waals surface area contributed by atoms with Crippen LogP contribution in [0.2, 0.25) is 39.3 Å². The summed E-state index contributed by atoms with van der Waals surface area (Å²) in [5.41, 5.74) is 25.3. The molecule has 0 unspecified atom stereocenters. The molecule has 4 N–H and O–H groups in total. The highest BCUT2D eigenvalue weighted by Crippen LogP contribution is 2.38. The Kier molecular flexibility index (Phi) is 25.1. The first-order chi connectivity index (χ1) is 51.6. The number of hydrogen-bond acceptors (Lipinski definition) is 4. The average Bonchev–Trinajstić information content (AvgIpc) is 0.780. The molecule has 0 saturated heterocycles. The number of hydrogen-bond donors (Lipinski definition) is 4. The molecule has 5 saturated carbocycles. The number of carbonyl (C=O) groups excluding carboxylic acids is 2. The highest BCUT2D eigenvalue weighted by atomic mass is 28.3. The largest absolute Gasteiger partial charge is 0.367 e. The summed E-state index contributed by atoms with van der Waals surface area (Å²) < 4.78 is 0. The van der Waals surface area contributed by atoms with Gasteiger partial charge in [-0.2, -0.15) is 0 Å². The van der Waals surface area contributed by atoms with Crippen molar-refractivity contribution in [3.8, 4) is 91.1 Å². The van der Waals surface area contributed by atoms with Gasteiger partial charge in [-0.25, -0.2) is 0 Å². The molecule has 8 nitrogen and oxygen atoms in total. The molecule has 0 heterocycles. The first-order valence-corrected chi connectivity index (χ1v) is 46.9. The van der Waals surface area contributed by atoms with Crippen LogP contribution in [-0.4, -0.2) is 75.9 Å². The summed E-state index contributed by atoms with van der Waals surface area (Å²) >= 11 is 0. The Labute approximate surface area is 634 Å². The van der Waals surface area contributed by atoms with Gasteiger partial charge < -0.3 is 21.3 Å². The topological polar surface area (TPSA) is 107 Å². The number of benzene rings is 8. The van der Waals surface area contributed by atoms with E-state index in [1.54, 1.807) is 0 Å². The van der Waals surface area contributed by atoms with Gasteiger partial charge in [0.2, 0.25) is 0 Å². The van der Waals surface area contributed by atoms with Gasteiger partial charge in [0.05, 0.1) is 12.1 Å². The number of carbonyl (C=O) groups is 2. The molecular weight excluding hydrogens is 1330 g/mol. The van der Waals surface area contributed by atoms with Gasteiger partial charge in [-0.15, -0.1) is 11.1 Å². The molecule has 0 radical (unpaired) electrons. The van der Waals surface area contributed by atoms with Crippen LogP contribution in [0.3, 0.4) is 0 Å². The molecule has 0 bridgehead atoms. The SMILES string of the molecule is C[Si](C)(C)C#Cc1ccc(-c2cccc(-c3ccc(C#Cc4ccc(C(=O)N[C@@H]5CCCC[C@H]5NC(=O)c5ccc(C#Cc6ccc(-c7cccc(-c8ccc(C#C[Si](C)(C)C)cc8)c7C(=NC7CCCCC7)NC7CCCCC7)cc6)cc5)cc4)cc3)c2C(=NC2CCCCC2)NC2CCCCC2)cc1. The maximum Gasteiger partial charge on any atom is 0.251 e. The molecule has 13 rings (SSSR count). The van der Waals surface area contributed by atoms with Gasteiger partial charge in [0.15, 0.2) is 0 Å². The van der Waals surface area contributed by atoms with E-state index in [4.69, 9.17) is 9.98 Å². The molecule has 10 heteroatoms. The fourth-order valence-electron chi connectivity index (χ4n) is 15.7. The molecule has 0 aromatic heterocycles. The maximum atomic E-state index is 13.9. The Morgan fingerprint density at radius 2 is 0.557 bits per heavy atom. The Morgan fingerprint density at radius 3 is 0.840 bits per heavy atom. The van der Waals surface area contributed by atoms with E-state index >= 15 is 0 Å². The third kappa shape index (κ3) is 20.7. The molecule has 5 fully saturated rings. The van der Waals surface area contributed by atoms with Gasteiger partial charge in [0, 0.05) is 79.8 Å². The van der Waals surface area contributed by atoms with Crippen LogP contribution in [0.1, 0.15) is 219 Å². The highest BCUT2D eigenvalue weighted by Gasteiger charge is 2.30. The summed E-state index contributed by atoms with van der Waals surface area (Å²) in [7, 11) is -3.06. The minimum atomic E-state index is -1.53. The molecule has 5 aliphatic carbocycles. The van der Waals surface area contributed by atoms with Crippen molar-refractivity contribution in [3.63, 3.8) is 0 Å². The Hall–Kier alpha value is -9.69. The first kappa shape index (κ1) is 74.6. The smallest absolute Gasteiger partial charge is 0.251 e. The van der Waals surface area contributed by atoms with E-state index in [0.29, 0.717) is 35.3 Å². The predicted octanol–water partition coefficient (Wildman–Crippen LogP) is 21.1. The minimum Gasteiger partial charge on any atom is -0.367 e. The zero-order chi connectivity index (χ0) is 73.2. The van der Waals surface area contributed by atoms with Crippen LogP contribution < -0.4 is 21.3 Å². The molecule has 0 spiro atoms. The lowest BCUT2D eigenvalue weighted by Gasteiger charge is -2.33. The normalized spacial score (nSPS) is 17.9. The van der Waals surface area contributed by atoms with Crippen molar-refractivity contribution < 1.29 is 9.59 Å². The van der Waals surface area contributed by atoms with E-state index in [1.165, 1.54) is 88.2 Å². The van der Waals surface area contributed by atoms with E-state index in [2.05, 4.69) is 241 Å². The summed E-state index contributed by atoms with van der Waals surface area (Å²) in [4.78, 5) is 39.2. The summed E-state index contributed by atoms with van der Waals surface area (Å²) in [5.74, 6) is 22.2. The van der Waals surface area contributed by atoms with Crippen LogP contribution in [0.5, 0.6) is 0 Å². The van der Waals surface area contributed by atoms with Crippen molar-refractivity contribution in [1.29, 1.82) is 0 Å². The van der Waals surface area contributed by atoms with E-state index < -0.39 is 16.1 Å². The fourth-order valence-corrected chi connectivity index (χ4v) is 16.8. The predicted molar refractivity (Wildman–Crippen MR) is 448 cm³/mol. The molecule has 2 amide bonds. The molecule has 8 aromatic carbocycles. The minimum absolute atomic E-state index is 0.165. The van der Waals surface area contributed by atoms with Crippen LogP contribution in [0.15, 0.2) is 192 Å². The van der Waals surface area contributed by atoms with Crippen LogP contribution in [-0.2, 0) is 0 Å². The lowest BCUT2D eigenvalue weighted by atomic mass is 9.89.